The van der Waals surface area contributed by atoms with Gasteiger partial charge in [-0.05, 0) is 36.6 Å². The predicted molar refractivity (Wildman–Crippen MR) is 97.7 cm³/mol. The van der Waals surface area contributed by atoms with Crippen molar-refractivity contribution in [1.82, 2.24) is 0 Å². The summed E-state index contributed by atoms with van der Waals surface area (Å²) in [5.74, 6) is 0.554. The molecule has 0 radical (unpaired) electrons. The zero-order valence-corrected chi connectivity index (χ0v) is 14.6. The number of carbonyl (C=O) groups is 1. The van der Waals surface area contributed by atoms with Gasteiger partial charge in [0.2, 0.25) is 0 Å². The zero-order valence-electron chi connectivity index (χ0n) is 14.6. The van der Waals surface area contributed by atoms with E-state index in [4.69, 9.17) is 9.47 Å². The molecule has 0 aromatic heterocycles. The van der Waals surface area contributed by atoms with Gasteiger partial charge in [0.15, 0.2) is 5.75 Å². The van der Waals surface area contributed by atoms with Crippen LogP contribution >= 0.6 is 0 Å². The summed E-state index contributed by atoms with van der Waals surface area (Å²) < 4.78 is 10.7. The van der Waals surface area contributed by atoms with Crippen molar-refractivity contribution in [2.75, 3.05) is 31.7 Å². The number of nitrogens with zero attached hydrogens (tertiary/aromatic N) is 1. The first kappa shape index (κ1) is 18.0. The third-order valence-corrected chi connectivity index (χ3v) is 3.85. The first-order valence-corrected chi connectivity index (χ1v) is 8.26. The van der Waals surface area contributed by atoms with Crippen molar-refractivity contribution in [2.45, 2.75) is 20.3 Å². The molecule has 0 atom stereocenters. The Balaban J connectivity index is 2.23. The number of anilines is 1. The molecule has 4 nitrogen and oxygen atoms in total. The van der Waals surface area contributed by atoms with Gasteiger partial charge >= 0.3 is 0 Å². The van der Waals surface area contributed by atoms with Gasteiger partial charge in [0, 0.05) is 20.2 Å². The Kier molecular flexibility index (Phi) is 6.82. The monoisotopic (exact) mass is 327 g/mol. The number of carbonyl (C=O) groups excluding carboxylic acids is 1. The first-order valence-electron chi connectivity index (χ1n) is 8.26. The van der Waals surface area contributed by atoms with Gasteiger partial charge in [0.25, 0.3) is 6.47 Å². The minimum Gasteiger partial charge on any atom is -0.427 e. The van der Waals surface area contributed by atoms with Gasteiger partial charge in [-0.25, -0.2) is 0 Å². The maximum Gasteiger partial charge on any atom is 0.298 e. The molecular weight excluding hydrogens is 302 g/mol. The molecule has 0 spiro atoms. The third kappa shape index (κ3) is 4.83. The fourth-order valence-electron chi connectivity index (χ4n) is 2.46. The molecule has 24 heavy (non-hydrogen) atoms. The molecule has 0 unspecified atom stereocenters. The van der Waals surface area contributed by atoms with Crippen LogP contribution in [0.15, 0.2) is 42.5 Å². The summed E-state index contributed by atoms with van der Waals surface area (Å²) in [6.45, 7) is 6.75. The summed E-state index contributed by atoms with van der Waals surface area (Å²) in [5.41, 5.74) is 4.32. The van der Waals surface area contributed by atoms with Crippen LogP contribution in [0.2, 0.25) is 0 Å². The molecule has 0 saturated carbocycles. The Labute approximate surface area is 144 Å². The van der Waals surface area contributed by atoms with Crippen LogP contribution in [0.25, 0.3) is 11.1 Å². The van der Waals surface area contributed by atoms with Gasteiger partial charge in [-0.2, -0.15) is 0 Å². The van der Waals surface area contributed by atoms with Gasteiger partial charge in [0.05, 0.1) is 12.3 Å². The molecular formula is C20H25NO3. The summed E-state index contributed by atoms with van der Waals surface area (Å²) in [6.07, 6.45) is 1.01. The summed E-state index contributed by atoms with van der Waals surface area (Å²) in [4.78, 5) is 12.8. The van der Waals surface area contributed by atoms with E-state index in [0.29, 0.717) is 18.8 Å². The molecule has 0 amide bonds. The number of aryl methyl sites for hydroxylation is 1. The smallest absolute Gasteiger partial charge is 0.298 e. The van der Waals surface area contributed by atoms with Crippen LogP contribution in [0.1, 0.15) is 18.9 Å². The van der Waals surface area contributed by atoms with E-state index in [2.05, 4.69) is 38.1 Å². The van der Waals surface area contributed by atoms with E-state index in [1.807, 2.05) is 30.1 Å². The molecule has 0 aliphatic rings. The van der Waals surface area contributed by atoms with E-state index in [0.717, 1.165) is 36.4 Å². The molecule has 4 heteroatoms. The largest absolute Gasteiger partial charge is 0.427 e. The summed E-state index contributed by atoms with van der Waals surface area (Å²) in [5, 5.41) is 0. The molecule has 0 heterocycles. The van der Waals surface area contributed by atoms with Gasteiger partial charge < -0.3 is 14.4 Å². The lowest BCUT2D eigenvalue weighted by atomic mass is 10.0. The average Bonchev–Trinajstić information content (AvgIpc) is 2.60. The molecule has 0 N–H and O–H groups in total. The summed E-state index contributed by atoms with van der Waals surface area (Å²) in [6, 6.07) is 14.2. The van der Waals surface area contributed by atoms with Gasteiger partial charge in [-0.15, -0.1) is 0 Å². The fraction of sp³-hybridized carbons (Fsp3) is 0.350. The Morgan fingerprint density at radius 3 is 2.42 bits per heavy atom. The SMILES string of the molecule is CCCOCCN(C)c1cc(-c2ccc(C)cc2)ccc1OC=O. The Hall–Kier alpha value is -2.33. The highest BCUT2D eigenvalue weighted by molar-refractivity contribution is 5.73. The lowest BCUT2D eigenvalue weighted by Crippen LogP contribution is -2.23. The number of hydrogen-bond donors (Lipinski definition) is 0. The first-order chi connectivity index (χ1) is 11.7. The van der Waals surface area contributed by atoms with Crippen LogP contribution in [0.5, 0.6) is 5.75 Å². The minimum atomic E-state index is 0.464. The number of likely N-dealkylation sites (N-methyl/N-ethyl adjacent to an activating group) is 1. The van der Waals surface area contributed by atoms with E-state index in [1.165, 1.54) is 5.56 Å². The van der Waals surface area contributed by atoms with Crippen LogP contribution in [0, 0.1) is 6.92 Å². The molecule has 0 bridgehead atoms. The van der Waals surface area contributed by atoms with Gasteiger partial charge in [-0.3, -0.25) is 4.79 Å². The van der Waals surface area contributed by atoms with Crippen LogP contribution in [-0.4, -0.2) is 33.3 Å². The minimum absolute atomic E-state index is 0.464. The van der Waals surface area contributed by atoms with Gasteiger partial charge in [0.1, 0.15) is 0 Å². The molecule has 0 fully saturated rings. The summed E-state index contributed by atoms with van der Waals surface area (Å²) in [7, 11) is 1.97. The van der Waals surface area contributed by atoms with Crippen molar-refractivity contribution in [3.63, 3.8) is 0 Å². The van der Waals surface area contributed by atoms with Crippen LogP contribution in [0.3, 0.4) is 0 Å². The molecule has 2 rings (SSSR count). The van der Waals surface area contributed by atoms with E-state index in [9.17, 15) is 4.79 Å². The average molecular weight is 327 g/mol. The molecule has 0 saturated heterocycles. The second kappa shape index (κ2) is 9.08. The maximum absolute atomic E-state index is 10.8. The van der Waals surface area contributed by atoms with Crippen molar-refractivity contribution >= 4 is 12.2 Å². The Morgan fingerprint density at radius 1 is 1.04 bits per heavy atom. The Morgan fingerprint density at radius 2 is 1.75 bits per heavy atom. The van der Waals surface area contributed by atoms with Gasteiger partial charge in [-0.1, -0.05) is 42.8 Å². The molecule has 0 aliphatic heterocycles. The molecule has 128 valence electrons. The predicted octanol–water partition coefficient (Wildman–Crippen LogP) is 4.06. The lowest BCUT2D eigenvalue weighted by molar-refractivity contribution is -0.120. The van der Waals surface area contributed by atoms with E-state index in [1.54, 1.807) is 0 Å². The van der Waals surface area contributed by atoms with Crippen molar-refractivity contribution in [3.05, 3.63) is 48.0 Å². The number of rotatable bonds is 9. The standard InChI is InChI=1S/C20H25NO3/c1-4-12-23-13-11-21(3)19-14-18(9-10-20(19)24-15-22)17-7-5-16(2)6-8-17/h5-10,14-15H,4,11-13H2,1-3H3. The highest BCUT2D eigenvalue weighted by atomic mass is 16.5. The van der Waals surface area contributed by atoms with Crippen molar-refractivity contribution in [3.8, 4) is 16.9 Å². The fourth-order valence-corrected chi connectivity index (χ4v) is 2.46. The van der Waals surface area contributed by atoms with E-state index in [-0.39, 0.29) is 0 Å². The van der Waals surface area contributed by atoms with E-state index < -0.39 is 0 Å². The highest BCUT2D eigenvalue weighted by Gasteiger charge is 2.11. The molecule has 2 aromatic rings. The lowest BCUT2D eigenvalue weighted by Gasteiger charge is -2.22. The van der Waals surface area contributed by atoms with Crippen molar-refractivity contribution in [2.24, 2.45) is 0 Å². The van der Waals surface area contributed by atoms with E-state index >= 15 is 0 Å². The second-order valence-electron chi connectivity index (χ2n) is 5.80. The third-order valence-electron chi connectivity index (χ3n) is 3.85. The van der Waals surface area contributed by atoms with Crippen LogP contribution in [0.4, 0.5) is 5.69 Å². The second-order valence-corrected chi connectivity index (χ2v) is 5.80. The van der Waals surface area contributed by atoms with Crippen LogP contribution < -0.4 is 9.64 Å². The zero-order chi connectivity index (χ0) is 17.4. The normalized spacial score (nSPS) is 10.5. The van der Waals surface area contributed by atoms with Crippen molar-refractivity contribution in [1.29, 1.82) is 0 Å². The molecule has 0 aliphatic carbocycles. The maximum atomic E-state index is 10.8. The van der Waals surface area contributed by atoms with Crippen LogP contribution in [-0.2, 0) is 9.53 Å². The van der Waals surface area contributed by atoms with Crippen molar-refractivity contribution < 1.29 is 14.3 Å². The topological polar surface area (TPSA) is 38.8 Å². The number of ether oxygens (including phenoxy) is 2. The summed E-state index contributed by atoms with van der Waals surface area (Å²) >= 11 is 0. The Bertz CT molecular complexity index is 652. The number of benzene rings is 2. The highest BCUT2D eigenvalue weighted by Crippen LogP contribution is 2.32. The molecule has 2 aromatic carbocycles. The number of hydrogen-bond acceptors (Lipinski definition) is 4. The quantitative estimate of drug-likeness (QED) is 0.514.